The van der Waals surface area contributed by atoms with E-state index in [1.165, 1.54) is 11.3 Å². The first-order valence-corrected chi connectivity index (χ1v) is 13.4. The van der Waals surface area contributed by atoms with Gasteiger partial charge in [-0.3, -0.25) is 14.4 Å². The summed E-state index contributed by atoms with van der Waals surface area (Å²) < 4.78 is 0. The Kier molecular flexibility index (Phi) is 4.91. The molecule has 6 heteroatoms. The summed E-state index contributed by atoms with van der Waals surface area (Å²) in [4.78, 5) is 46.0. The number of rotatable bonds is 3. The van der Waals surface area contributed by atoms with Crippen LogP contribution in [0.5, 0.6) is 0 Å². The van der Waals surface area contributed by atoms with Crippen LogP contribution in [0.2, 0.25) is 5.02 Å². The molecule has 0 saturated carbocycles. The molecule has 1 fully saturated rings. The minimum Gasteiger partial charge on any atom is -0.352 e. The van der Waals surface area contributed by atoms with Crippen molar-refractivity contribution in [2.45, 2.75) is 18.0 Å². The van der Waals surface area contributed by atoms with E-state index in [4.69, 9.17) is 11.6 Å². The highest BCUT2D eigenvalue weighted by Crippen LogP contribution is 2.61. The number of fused-ring (bicyclic) bond motifs is 5. The maximum absolute atomic E-state index is 14.5. The lowest BCUT2D eigenvalue weighted by molar-refractivity contribution is 0.0666. The zero-order chi connectivity index (χ0) is 25.3. The van der Waals surface area contributed by atoms with Crippen molar-refractivity contribution in [3.63, 3.8) is 0 Å². The Morgan fingerprint density at radius 3 is 2.22 bits per heavy atom. The summed E-state index contributed by atoms with van der Waals surface area (Å²) in [5, 5.41) is 2.30. The van der Waals surface area contributed by atoms with E-state index in [0.29, 0.717) is 26.6 Å². The lowest BCUT2D eigenvalue weighted by Gasteiger charge is -2.37. The number of hydrogen-bond donors (Lipinski definition) is 0. The van der Waals surface area contributed by atoms with E-state index in [2.05, 4.69) is 0 Å². The van der Waals surface area contributed by atoms with Crippen molar-refractivity contribution in [1.82, 2.24) is 0 Å². The molecule has 37 heavy (non-hydrogen) atoms. The fraction of sp³-hybridized carbons (Fsp3) is 0.129. The van der Waals surface area contributed by atoms with E-state index in [-0.39, 0.29) is 17.3 Å². The second-order valence-electron chi connectivity index (χ2n) is 9.63. The Morgan fingerprint density at radius 1 is 0.838 bits per heavy atom. The summed E-state index contributed by atoms with van der Waals surface area (Å²) in [5.74, 6) is -1.41. The van der Waals surface area contributed by atoms with Crippen molar-refractivity contribution in [2.75, 3.05) is 4.90 Å². The van der Waals surface area contributed by atoms with Crippen molar-refractivity contribution in [3.05, 3.63) is 129 Å². The molecule has 0 unspecified atom stereocenters. The summed E-state index contributed by atoms with van der Waals surface area (Å²) in [5.41, 5.74) is 1.68. The molecule has 2 aliphatic heterocycles. The molecule has 0 bridgehead atoms. The Morgan fingerprint density at radius 2 is 1.51 bits per heavy atom. The average molecular weight is 522 g/mol. The number of ketones is 3. The lowest BCUT2D eigenvalue weighted by Crippen LogP contribution is -2.48. The molecule has 3 aromatic carbocycles. The van der Waals surface area contributed by atoms with Crippen LogP contribution >= 0.6 is 22.9 Å². The predicted molar refractivity (Wildman–Crippen MR) is 146 cm³/mol. The van der Waals surface area contributed by atoms with Crippen molar-refractivity contribution >= 4 is 52.1 Å². The van der Waals surface area contributed by atoms with Gasteiger partial charge in [0, 0.05) is 27.8 Å². The summed E-state index contributed by atoms with van der Waals surface area (Å²) in [6.45, 7) is 0. The van der Waals surface area contributed by atoms with Gasteiger partial charge < -0.3 is 4.90 Å². The van der Waals surface area contributed by atoms with Crippen molar-refractivity contribution in [2.24, 2.45) is 5.41 Å². The fourth-order valence-corrected chi connectivity index (χ4v) is 7.50. The second kappa shape index (κ2) is 8.10. The van der Waals surface area contributed by atoms with Crippen LogP contribution in [0.25, 0.3) is 6.08 Å². The number of halogens is 1. The smallest absolute Gasteiger partial charge is 0.195 e. The van der Waals surface area contributed by atoms with Crippen LogP contribution in [-0.4, -0.2) is 29.4 Å². The van der Waals surface area contributed by atoms with Gasteiger partial charge in [-0.2, -0.15) is 0 Å². The van der Waals surface area contributed by atoms with Gasteiger partial charge in [0.1, 0.15) is 11.5 Å². The van der Waals surface area contributed by atoms with Crippen molar-refractivity contribution in [3.8, 4) is 0 Å². The van der Waals surface area contributed by atoms with Gasteiger partial charge in [0.2, 0.25) is 0 Å². The number of nitrogens with zero attached hydrogens (tertiary/aromatic N) is 1. The van der Waals surface area contributed by atoms with E-state index >= 15 is 0 Å². The number of para-hydroxylation sites is 1. The van der Waals surface area contributed by atoms with Crippen LogP contribution in [-0.2, 0) is 0 Å². The first-order valence-electron chi connectivity index (χ1n) is 12.1. The molecule has 0 amide bonds. The second-order valence-corrected chi connectivity index (χ2v) is 11.0. The molecule has 1 aliphatic carbocycles. The van der Waals surface area contributed by atoms with Gasteiger partial charge >= 0.3 is 0 Å². The molecule has 3 atom stereocenters. The van der Waals surface area contributed by atoms with Gasteiger partial charge in [-0.15, -0.1) is 11.3 Å². The SMILES string of the molecule is O=C(c1cccs1)[C@@H]1[C@@H](c2ccccc2Cl)C2(C(=O)c3ccccc3C2=O)[C@@H]2C=Cc3ccccc3N12. The molecule has 3 heterocycles. The Balaban J connectivity index is 1.58. The zero-order valence-electron chi connectivity index (χ0n) is 19.5. The van der Waals surface area contributed by atoms with Gasteiger partial charge in [0.25, 0.3) is 0 Å². The van der Waals surface area contributed by atoms with Gasteiger partial charge in [-0.25, -0.2) is 0 Å². The molecule has 1 aromatic heterocycles. The molecule has 3 aliphatic rings. The predicted octanol–water partition coefficient (Wildman–Crippen LogP) is 6.72. The molecule has 0 N–H and O–H groups in total. The van der Waals surface area contributed by atoms with E-state index in [9.17, 15) is 14.4 Å². The number of benzene rings is 3. The molecular formula is C31H20ClNO3S. The third-order valence-electron chi connectivity index (χ3n) is 7.99. The summed E-state index contributed by atoms with van der Waals surface area (Å²) in [7, 11) is 0. The lowest BCUT2D eigenvalue weighted by atomic mass is 9.64. The van der Waals surface area contributed by atoms with E-state index in [1.807, 2.05) is 71.0 Å². The number of anilines is 1. The Hall–Kier alpha value is -3.80. The molecule has 4 aromatic rings. The van der Waals surface area contributed by atoms with Crippen LogP contribution < -0.4 is 4.90 Å². The number of Topliss-reactive ketones (excluding diaryl/α,β-unsaturated/α-hetero) is 3. The van der Waals surface area contributed by atoms with Crippen LogP contribution in [0.1, 0.15) is 47.4 Å². The maximum Gasteiger partial charge on any atom is 0.195 e. The number of hydrogen-bond acceptors (Lipinski definition) is 5. The van der Waals surface area contributed by atoms with Crippen LogP contribution in [0.4, 0.5) is 5.69 Å². The van der Waals surface area contributed by atoms with Gasteiger partial charge in [0.05, 0.1) is 10.9 Å². The first kappa shape index (κ1) is 22.4. The first-order chi connectivity index (χ1) is 18.0. The standard InChI is InChI=1S/C31H20ClNO3S/c32-22-12-5-4-11-21(22)26-27(28(34)24-14-7-17-37-24)33-23-13-6-1-8-18(23)15-16-25(33)31(26)29(35)19-9-2-3-10-20(19)30(31)36/h1-17,25-27H/t25-,26+,27-/m0/s1. The van der Waals surface area contributed by atoms with Crippen LogP contribution in [0.15, 0.2) is 96.4 Å². The minimum atomic E-state index is -1.53. The Labute approximate surface area is 222 Å². The molecule has 180 valence electrons. The Bertz CT molecular complexity index is 1600. The maximum atomic E-state index is 14.5. The summed E-state index contributed by atoms with van der Waals surface area (Å²) in [6.07, 6.45) is 3.89. The molecule has 1 spiro atoms. The highest BCUT2D eigenvalue weighted by atomic mass is 35.5. The third kappa shape index (κ3) is 2.87. The van der Waals surface area contributed by atoms with E-state index < -0.39 is 23.4 Å². The molecule has 1 saturated heterocycles. The third-order valence-corrected chi connectivity index (χ3v) is 9.21. The van der Waals surface area contributed by atoms with Crippen LogP contribution in [0, 0.1) is 5.41 Å². The van der Waals surface area contributed by atoms with Gasteiger partial charge in [-0.1, -0.05) is 90.5 Å². The fourth-order valence-electron chi connectivity index (χ4n) is 6.55. The summed E-state index contributed by atoms with van der Waals surface area (Å²) in [6, 6.07) is 24.3. The molecule has 0 radical (unpaired) electrons. The zero-order valence-corrected chi connectivity index (χ0v) is 21.1. The largest absolute Gasteiger partial charge is 0.352 e. The van der Waals surface area contributed by atoms with E-state index in [1.54, 1.807) is 36.4 Å². The highest BCUT2D eigenvalue weighted by molar-refractivity contribution is 7.12. The summed E-state index contributed by atoms with van der Waals surface area (Å²) >= 11 is 8.16. The highest BCUT2D eigenvalue weighted by Gasteiger charge is 2.71. The minimum absolute atomic E-state index is 0.122. The average Bonchev–Trinajstić information content (AvgIpc) is 3.62. The van der Waals surface area contributed by atoms with Crippen molar-refractivity contribution < 1.29 is 14.4 Å². The van der Waals surface area contributed by atoms with Gasteiger partial charge in [0.15, 0.2) is 17.3 Å². The number of carbonyl (C=O) groups excluding carboxylic acids is 3. The topological polar surface area (TPSA) is 54.5 Å². The normalized spacial score (nSPS) is 22.7. The number of thiophene rings is 1. The van der Waals surface area contributed by atoms with E-state index in [0.717, 1.165) is 11.3 Å². The molecule has 7 rings (SSSR count). The molecule has 4 nitrogen and oxygen atoms in total. The number of carbonyl (C=O) groups is 3. The quantitative estimate of drug-likeness (QED) is 0.222. The van der Waals surface area contributed by atoms with Crippen LogP contribution in [0.3, 0.4) is 0 Å². The van der Waals surface area contributed by atoms with Crippen molar-refractivity contribution in [1.29, 1.82) is 0 Å². The van der Waals surface area contributed by atoms with Gasteiger partial charge in [-0.05, 0) is 34.7 Å². The monoisotopic (exact) mass is 521 g/mol. The molecular weight excluding hydrogens is 502 g/mol.